The average Bonchev–Trinajstić information content (AvgIpc) is 2.94. The van der Waals surface area contributed by atoms with E-state index < -0.39 is 11.6 Å². The quantitative estimate of drug-likeness (QED) is 0.222. The zero-order valence-corrected chi connectivity index (χ0v) is 21.4. The number of rotatable bonds is 10. The Morgan fingerprint density at radius 2 is 1.66 bits per heavy atom. The monoisotopic (exact) mass is 526 g/mol. The molecule has 9 nitrogen and oxygen atoms in total. The van der Waals surface area contributed by atoms with E-state index in [-0.39, 0.29) is 11.4 Å². The van der Waals surface area contributed by atoms with Gasteiger partial charge < -0.3 is 29.6 Å². The number of nitrogens with one attached hydrogen (secondary N) is 2. The largest absolute Gasteiger partial charge is 0.496 e. The first-order valence-corrected chi connectivity index (χ1v) is 11.5. The molecule has 2 aromatic heterocycles. The van der Waals surface area contributed by atoms with Gasteiger partial charge in [0.05, 0.1) is 31.0 Å². The number of hydrogen-bond donors (Lipinski definition) is 2. The van der Waals surface area contributed by atoms with Crippen molar-refractivity contribution in [1.82, 2.24) is 15.3 Å². The molecule has 0 fully saturated rings. The molecule has 4 rings (SSSR count). The SMILES string of the molecule is CNCCOc1cc2nccc(Oc3cc(F)c(NC)cc3F)c2cc1OC.COc1ccncc1C=O. The molecule has 0 bridgehead atoms. The van der Waals surface area contributed by atoms with Crippen molar-refractivity contribution >= 4 is 22.9 Å². The number of halogens is 2. The van der Waals surface area contributed by atoms with Gasteiger partial charge in [0.15, 0.2) is 29.4 Å². The van der Waals surface area contributed by atoms with Crippen LogP contribution in [-0.4, -0.2) is 57.7 Å². The Labute approximate surface area is 218 Å². The van der Waals surface area contributed by atoms with Gasteiger partial charge >= 0.3 is 0 Å². The average molecular weight is 527 g/mol. The predicted octanol–water partition coefficient (Wildman–Crippen LogP) is 4.86. The number of likely N-dealkylation sites (N-methyl/N-ethyl adjacent to an activating group) is 1. The molecule has 11 heteroatoms. The molecular formula is C27H28F2N4O5. The van der Waals surface area contributed by atoms with Gasteiger partial charge in [0.2, 0.25) is 0 Å². The van der Waals surface area contributed by atoms with Crippen LogP contribution in [0.3, 0.4) is 0 Å². The number of nitrogens with zero attached hydrogens (tertiary/aromatic N) is 2. The molecule has 0 aliphatic rings. The first-order valence-electron chi connectivity index (χ1n) is 11.5. The molecule has 0 saturated heterocycles. The normalized spacial score (nSPS) is 10.3. The Hall–Kier alpha value is -4.51. The third-order valence-electron chi connectivity index (χ3n) is 5.26. The van der Waals surface area contributed by atoms with Gasteiger partial charge in [-0.05, 0) is 25.2 Å². The lowest BCUT2D eigenvalue weighted by molar-refractivity contribution is 0.112. The molecule has 0 unspecified atom stereocenters. The van der Waals surface area contributed by atoms with Crippen molar-refractivity contribution in [1.29, 1.82) is 0 Å². The van der Waals surface area contributed by atoms with Crippen LogP contribution in [0.1, 0.15) is 10.4 Å². The number of benzene rings is 2. The van der Waals surface area contributed by atoms with Crippen LogP contribution in [0.15, 0.2) is 55.0 Å². The number of aldehydes is 1. The second kappa shape index (κ2) is 13.7. The number of carbonyl (C=O) groups is 1. The Morgan fingerprint density at radius 1 is 0.895 bits per heavy atom. The molecule has 0 amide bonds. The maximum Gasteiger partial charge on any atom is 0.167 e. The molecule has 38 heavy (non-hydrogen) atoms. The van der Waals surface area contributed by atoms with Gasteiger partial charge in [0.1, 0.15) is 23.9 Å². The van der Waals surface area contributed by atoms with Crippen molar-refractivity contribution in [2.24, 2.45) is 0 Å². The first kappa shape index (κ1) is 28.1. The van der Waals surface area contributed by atoms with E-state index in [2.05, 4.69) is 20.6 Å². The number of fused-ring (bicyclic) bond motifs is 1. The van der Waals surface area contributed by atoms with E-state index in [9.17, 15) is 13.6 Å². The van der Waals surface area contributed by atoms with Crippen LogP contribution >= 0.6 is 0 Å². The number of methoxy groups -OCH3 is 2. The summed E-state index contributed by atoms with van der Waals surface area (Å²) in [6.07, 6.45) is 5.28. The standard InChI is InChI=1S/C20H21F2N3O3.C7H7NO2/c1-23-6-7-27-20-11-15-12(8-19(20)26-3)17(4-5-25-15)28-18-10-13(21)16(24-2)9-14(18)22;1-10-7-2-3-8-4-6(7)5-9/h4-5,8-11,23-24H,6-7H2,1-3H3;2-5H,1H3. The van der Waals surface area contributed by atoms with Crippen LogP contribution in [0.4, 0.5) is 14.5 Å². The van der Waals surface area contributed by atoms with Gasteiger partial charge in [-0.2, -0.15) is 0 Å². The molecule has 0 atom stereocenters. The maximum absolute atomic E-state index is 14.3. The first-order chi connectivity index (χ1) is 18.4. The molecule has 2 aromatic carbocycles. The minimum absolute atomic E-state index is 0.0504. The summed E-state index contributed by atoms with van der Waals surface area (Å²) in [5, 5.41) is 6.16. The van der Waals surface area contributed by atoms with Crippen molar-refractivity contribution in [3.8, 4) is 28.7 Å². The Kier molecular flexibility index (Phi) is 10.1. The van der Waals surface area contributed by atoms with Gasteiger partial charge in [-0.3, -0.25) is 14.8 Å². The van der Waals surface area contributed by atoms with Crippen molar-refractivity contribution in [3.05, 3.63) is 72.2 Å². The second-order valence-electron chi connectivity index (χ2n) is 7.63. The highest BCUT2D eigenvalue weighted by Gasteiger charge is 2.15. The lowest BCUT2D eigenvalue weighted by Gasteiger charge is -2.14. The summed E-state index contributed by atoms with van der Waals surface area (Å²) in [5.74, 6) is 0.372. The smallest absolute Gasteiger partial charge is 0.167 e. The summed E-state index contributed by atoms with van der Waals surface area (Å²) in [7, 11) is 6.38. The van der Waals surface area contributed by atoms with Gasteiger partial charge in [0, 0.05) is 55.8 Å². The van der Waals surface area contributed by atoms with Crippen LogP contribution in [0.2, 0.25) is 0 Å². The number of pyridine rings is 2. The summed E-state index contributed by atoms with van der Waals surface area (Å²) in [6, 6.07) is 8.68. The summed E-state index contributed by atoms with van der Waals surface area (Å²) >= 11 is 0. The van der Waals surface area contributed by atoms with Crippen molar-refractivity contribution < 1.29 is 32.5 Å². The molecule has 0 aliphatic heterocycles. The van der Waals surface area contributed by atoms with Gasteiger partial charge in [-0.15, -0.1) is 0 Å². The van der Waals surface area contributed by atoms with Crippen LogP contribution in [0.5, 0.6) is 28.7 Å². The number of hydrogen-bond acceptors (Lipinski definition) is 9. The van der Waals surface area contributed by atoms with Gasteiger partial charge in [0.25, 0.3) is 0 Å². The second-order valence-corrected chi connectivity index (χ2v) is 7.63. The number of carbonyl (C=O) groups excluding carboxylic acids is 1. The van der Waals surface area contributed by atoms with Gasteiger partial charge in [-0.25, -0.2) is 8.78 Å². The van der Waals surface area contributed by atoms with E-state index in [1.807, 2.05) is 7.05 Å². The molecule has 0 aliphatic carbocycles. The molecule has 0 saturated carbocycles. The lowest BCUT2D eigenvalue weighted by atomic mass is 10.1. The highest BCUT2D eigenvalue weighted by atomic mass is 19.1. The Morgan fingerprint density at radius 3 is 2.32 bits per heavy atom. The fourth-order valence-electron chi connectivity index (χ4n) is 3.34. The Bertz CT molecular complexity index is 1390. The van der Waals surface area contributed by atoms with E-state index in [0.29, 0.717) is 58.9 Å². The fraction of sp³-hybridized carbons (Fsp3) is 0.222. The predicted molar refractivity (Wildman–Crippen MR) is 140 cm³/mol. The number of anilines is 1. The van der Waals surface area contributed by atoms with Crippen molar-refractivity contribution in [2.45, 2.75) is 0 Å². The maximum atomic E-state index is 14.3. The molecule has 4 aromatic rings. The molecule has 2 heterocycles. The molecule has 0 radical (unpaired) electrons. The zero-order valence-electron chi connectivity index (χ0n) is 21.4. The zero-order chi connectivity index (χ0) is 27.5. The van der Waals surface area contributed by atoms with Crippen molar-refractivity contribution in [3.63, 3.8) is 0 Å². The minimum Gasteiger partial charge on any atom is -0.496 e. The van der Waals surface area contributed by atoms with E-state index in [0.717, 1.165) is 12.1 Å². The highest BCUT2D eigenvalue weighted by Crippen LogP contribution is 2.38. The third kappa shape index (κ3) is 6.83. The Balaban J connectivity index is 0.000000336. The lowest BCUT2D eigenvalue weighted by Crippen LogP contribution is -2.16. The topological polar surface area (TPSA) is 104 Å². The van der Waals surface area contributed by atoms with E-state index in [4.69, 9.17) is 18.9 Å². The summed E-state index contributed by atoms with van der Waals surface area (Å²) in [5.41, 5.74) is 1.10. The number of ether oxygens (including phenoxy) is 4. The molecule has 200 valence electrons. The van der Waals surface area contributed by atoms with E-state index in [1.54, 1.807) is 30.5 Å². The molecule has 2 N–H and O–H groups in total. The summed E-state index contributed by atoms with van der Waals surface area (Å²) < 4.78 is 49.9. The van der Waals surface area contributed by atoms with E-state index in [1.165, 1.54) is 33.7 Å². The van der Waals surface area contributed by atoms with Crippen LogP contribution in [-0.2, 0) is 0 Å². The minimum atomic E-state index is -0.685. The summed E-state index contributed by atoms with van der Waals surface area (Å²) in [6.45, 7) is 1.13. The molecular weight excluding hydrogens is 498 g/mol. The van der Waals surface area contributed by atoms with Crippen LogP contribution in [0.25, 0.3) is 10.9 Å². The van der Waals surface area contributed by atoms with E-state index >= 15 is 0 Å². The summed E-state index contributed by atoms with van der Waals surface area (Å²) in [4.78, 5) is 18.3. The fourth-order valence-corrected chi connectivity index (χ4v) is 3.34. The van der Waals surface area contributed by atoms with Crippen molar-refractivity contribution in [2.75, 3.05) is 46.8 Å². The highest BCUT2D eigenvalue weighted by molar-refractivity contribution is 5.88. The molecule has 0 spiro atoms. The van der Waals surface area contributed by atoms with Gasteiger partial charge in [-0.1, -0.05) is 0 Å². The van der Waals surface area contributed by atoms with Crippen LogP contribution < -0.4 is 29.6 Å². The third-order valence-corrected chi connectivity index (χ3v) is 5.26. The van der Waals surface area contributed by atoms with Crippen LogP contribution in [0, 0.1) is 11.6 Å². The number of aromatic nitrogens is 2.